The van der Waals surface area contributed by atoms with E-state index in [1.807, 2.05) is 37.3 Å². The van der Waals surface area contributed by atoms with Gasteiger partial charge in [-0.3, -0.25) is 0 Å². The topological polar surface area (TPSA) is 52.6 Å². The Labute approximate surface area is 155 Å². The van der Waals surface area contributed by atoms with E-state index in [0.717, 1.165) is 25.2 Å². The number of aryl methyl sites for hydroxylation is 2. The van der Waals surface area contributed by atoms with Gasteiger partial charge in [-0.1, -0.05) is 13.0 Å². The molecule has 1 atom stereocenters. The van der Waals surface area contributed by atoms with Crippen molar-refractivity contribution in [1.29, 1.82) is 0 Å². The van der Waals surface area contributed by atoms with E-state index in [-0.39, 0.29) is 0 Å². The second-order valence-corrected chi connectivity index (χ2v) is 6.72. The van der Waals surface area contributed by atoms with Crippen molar-refractivity contribution in [3.63, 3.8) is 0 Å². The first-order valence-corrected chi connectivity index (χ1v) is 9.35. The predicted octanol–water partition coefficient (Wildman–Crippen LogP) is 4.13. The molecule has 0 bridgehead atoms. The SMILES string of the molecule is CCc1ccc(Oc2nc(C)ccc2OCC2CCCNC2)c(OC)c1. The van der Waals surface area contributed by atoms with Gasteiger partial charge in [0.1, 0.15) is 0 Å². The monoisotopic (exact) mass is 356 g/mol. The fourth-order valence-electron chi connectivity index (χ4n) is 3.10. The van der Waals surface area contributed by atoms with Crippen LogP contribution < -0.4 is 19.5 Å². The van der Waals surface area contributed by atoms with Gasteiger partial charge in [0, 0.05) is 18.2 Å². The molecule has 5 nitrogen and oxygen atoms in total. The lowest BCUT2D eigenvalue weighted by atomic mass is 10.0. The third kappa shape index (κ3) is 4.67. The molecule has 1 fully saturated rings. The Hall–Kier alpha value is -2.27. The van der Waals surface area contributed by atoms with Gasteiger partial charge in [-0.25, -0.2) is 4.98 Å². The largest absolute Gasteiger partial charge is 0.493 e. The maximum atomic E-state index is 6.08. The summed E-state index contributed by atoms with van der Waals surface area (Å²) in [5, 5.41) is 3.42. The zero-order valence-corrected chi connectivity index (χ0v) is 15.9. The van der Waals surface area contributed by atoms with E-state index < -0.39 is 0 Å². The molecule has 5 heteroatoms. The van der Waals surface area contributed by atoms with Crippen LogP contribution in [0.1, 0.15) is 31.0 Å². The summed E-state index contributed by atoms with van der Waals surface area (Å²) in [6, 6.07) is 9.84. The summed E-state index contributed by atoms with van der Waals surface area (Å²) in [4.78, 5) is 4.53. The number of hydrogen-bond acceptors (Lipinski definition) is 5. The average molecular weight is 356 g/mol. The van der Waals surface area contributed by atoms with Crippen LogP contribution in [0.4, 0.5) is 0 Å². The Morgan fingerprint density at radius 1 is 1.15 bits per heavy atom. The zero-order chi connectivity index (χ0) is 18.4. The number of hydrogen-bond donors (Lipinski definition) is 1. The van der Waals surface area contributed by atoms with Gasteiger partial charge in [0.05, 0.1) is 13.7 Å². The summed E-state index contributed by atoms with van der Waals surface area (Å²) < 4.78 is 17.6. The molecule has 2 heterocycles. The molecular weight excluding hydrogens is 328 g/mol. The van der Waals surface area contributed by atoms with Crippen LogP contribution in [0, 0.1) is 12.8 Å². The normalized spacial score (nSPS) is 17.0. The van der Waals surface area contributed by atoms with Crippen molar-refractivity contribution in [3.8, 4) is 23.1 Å². The molecule has 3 rings (SSSR count). The molecule has 0 saturated carbocycles. The molecular formula is C21H28N2O3. The van der Waals surface area contributed by atoms with E-state index in [1.54, 1.807) is 7.11 Å². The van der Waals surface area contributed by atoms with Crippen LogP contribution in [-0.2, 0) is 6.42 Å². The summed E-state index contributed by atoms with van der Waals surface area (Å²) in [6.07, 6.45) is 3.34. The molecule has 26 heavy (non-hydrogen) atoms. The highest BCUT2D eigenvalue weighted by Crippen LogP contribution is 2.36. The Morgan fingerprint density at radius 3 is 2.73 bits per heavy atom. The smallest absolute Gasteiger partial charge is 0.262 e. The number of pyridine rings is 1. The van der Waals surface area contributed by atoms with Crippen molar-refractivity contribution in [2.75, 3.05) is 26.8 Å². The summed E-state index contributed by atoms with van der Waals surface area (Å²) in [5.74, 6) is 3.03. The molecule has 0 radical (unpaired) electrons. The van der Waals surface area contributed by atoms with Crippen LogP contribution in [0.25, 0.3) is 0 Å². The lowest BCUT2D eigenvalue weighted by Gasteiger charge is -2.23. The second-order valence-electron chi connectivity index (χ2n) is 6.72. The molecule has 1 N–H and O–H groups in total. The number of methoxy groups -OCH3 is 1. The molecule has 2 aromatic rings. The van der Waals surface area contributed by atoms with Gasteiger partial charge < -0.3 is 19.5 Å². The first-order valence-electron chi connectivity index (χ1n) is 9.35. The number of aromatic nitrogens is 1. The molecule has 1 aromatic heterocycles. The molecule has 0 spiro atoms. The minimum atomic E-state index is 0.483. The summed E-state index contributed by atoms with van der Waals surface area (Å²) in [7, 11) is 1.65. The van der Waals surface area contributed by atoms with Crippen LogP contribution in [0.2, 0.25) is 0 Å². The van der Waals surface area contributed by atoms with Gasteiger partial charge in [0.15, 0.2) is 17.2 Å². The highest BCUT2D eigenvalue weighted by atomic mass is 16.5. The van der Waals surface area contributed by atoms with E-state index in [1.165, 1.54) is 18.4 Å². The number of nitrogens with one attached hydrogen (secondary N) is 1. The van der Waals surface area contributed by atoms with Crippen LogP contribution in [0.3, 0.4) is 0 Å². The predicted molar refractivity (Wildman–Crippen MR) is 103 cm³/mol. The average Bonchev–Trinajstić information content (AvgIpc) is 2.68. The second kappa shape index (κ2) is 8.90. The number of rotatable bonds is 7. The number of piperidine rings is 1. The highest BCUT2D eigenvalue weighted by molar-refractivity contribution is 5.47. The molecule has 1 saturated heterocycles. The Morgan fingerprint density at radius 2 is 2.00 bits per heavy atom. The van der Waals surface area contributed by atoms with Gasteiger partial charge in [-0.15, -0.1) is 0 Å². The Balaban J connectivity index is 1.77. The molecule has 0 amide bonds. The Kier molecular flexibility index (Phi) is 6.34. The highest BCUT2D eigenvalue weighted by Gasteiger charge is 2.17. The fraction of sp³-hybridized carbons (Fsp3) is 0.476. The molecule has 1 aromatic carbocycles. The van der Waals surface area contributed by atoms with Crippen LogP contribution in [0.5, 0.6) is 23.1 Å². The van der Waals surface area contributed by atoms with Crippen LogP contribution >= 0.6 is 0 Å². The number of nitrogens with zero attached hydrogens (tertiary/aromatic N) is 1. The Bertz CT molecular complexity index is 727. The lowest BCUT2D eigenvalue weighted by Crippen LogP contribution is -2.33. The zero-order valence-electron chi connectivity index (χ0n) is 15.9. The minimum Gasteiger partial charge on any atom is -0.493 e. The summed E-state index contributed by atoms with van der Waals surface area (Å²) in [6.45, 7) is 6.83. The quantitative estimate of drug-likeness (QED) is 0.808. The van der Waals surface area contributed by atoms with Crippen LogP contribution in [-0.4, -0.2) is 31.8 Å². The minimum absolute atomic E-state index is 0.483. The first-order chi connectivity index (χ1) is 12.7. The van der Waals surface area contributed by atoms with Crippen molar-refractivity contribution in [3.05, 3.63) is 41.6 Å². The van der Waals surface area contributed by atoms with Crippen molar-refractivity contribution in [2.45, 2.75) is 33.1 Å². The van der Waals surface area contributed by atoms with Crippen molar-refractivity contribution >= 4 is 0 Å². The van der Waals surface area contributed by atoms with E-state index in [4.69, 9.17) is 14.2 Å². The maximum absolute atomic E-state index is 6.08. The molecule has 1 aliphatic heterocycles. The molecule has 1 aliphatic rings. The number of ether oxygens (including phenoxy) is 3. The fourth-order valence-corrected chi connectivity index (χ4v) is 3.10. The first kappa shape index (κ1) is 18.5. The summed E-state index contributed by atoms with van der Waals surface area (Å²) in [5.41, 5.74) is 2.09. The number of benzene rings is 1. The van der Waals surface area contributed by atoms with E-state index in [0.29, 0.717) is 35.7 Å². The molecule has 140 valence electrons. The standard InChI is InChI=1S/C21H28N2O3/c1-4-16-8-10-18(20(12-16)24-3)26-21-19(9-7-15(2)23-21)25-14-17-6-5-11-22-13-17/h7-10,12,17,22H,4-6,11,13-14H2,1-3H3. The molecule has 1 unspecified atom stereocenters. The van der Waals surface area contributed by atoms with E-state index in [9.17, 15) is 0 Å². The lowest BCUT2D eigenvalue weighted by molar-refractivity contribution is 0.211. The van der Waals surface area contributed by atoms with Crippen LogP contribution in [0.15, 0.2) is 30.3 Å². The third-order valence-corrected chi connectivity index (χ3v) is 4.68. The van der Waals surface area contributed by atoms with E-state index >= 15 is 0 Å². The maximum Gasteiger partial charge on any atom is 0.262 e. The van der Waals surface area contributed by atoms with Crippen molar-refractivity contribution < 1.29 is 14.2 Å². The van der Waals surface area contributed by atoms with Crippen molar-refractivity contribution in [2.24, 2.45) is 5.92 Å². The third-order valence-electron chi connectivity index (χ3n) is 4.68. The summed E-state index contributed by atoms with van der Waals surface area (Å²) >= 11 is 0. The van der Waals surface area contributed by atoms with E-state index in [2.05, 4.69) is 17.2 Å². The van der Waals surface area contributed by atoms with Gasteiger partial charge in [0.2, 0.25) is 0 Å². The van der Waals surface area contributed by atoms with Crippen molar-refractivity contribution in [1.82, 2.24) is 10.3 Å². The van der Waals surface area contributed by atoms with Gasteiger partial charge in [-0.05, 0) is 62.6 Å². The molecule has 0 aliphatic carbocycles. The van der Waals surface area contributed by atoms with Gasteiger partial charge >= 0.3 is 0 Å². The van der Waals surface area contributed by atoms with Gasteiger partial charge in [0.25, 0.3) is 5.88 Å². The van der Waals surface area contributed by atoms with Gasteiger partial charge in [-0.2, -0.15) is 0 Å².